The van der Waals surface area contributed by atoms with Crippen molar-refractivity contribution in [1.82, 2.24) is 4.98 Å². The van der Waals surface area contributed by atoms with Crippen molar-refractivity contribution in [3.05, 3.63) is 29.0 Å². The molecular formula is C11H13NOS. The number of furan rings is 1. The van der Waals surface area contributed by atoms with E-state index in [1.807, 2.05) is 13.0 Å². The number of aryl methyl sites for hydroxylation is 1. The van der Waals surface area contributed by atoms with E-state index >= 15 is 0 Å². The lowest BCUT2D eigenvalue weighted by atomic mass is 10.2. The lowest BCUT2D eigenvalue weighted by molar-refractivity contribution is 0.580. The standard InChI is InChI=1S/C11H13NOS/c1-7(2)9-6-14-11(12-9)10-8(3)4-5-13-10/h4-7H,1-3H3. The minimum absolute atomic E-state index is 0.482. The molecule has 0 aliphatic carbocycles. The van der Waals surface area contributed by atoms with Crippen LogP contribution in [0.4, 0.5) is 0 Å². The van der Waals surface area contributed by atoms with Crippen molar-refractivity contribution in [2.45, 2.75) is 26.7 Å². The van der Waals surface area contributed by atoms with Crippen LogP contribution in [0.3, 0.4) is 0 Å². The number of thiazole rings is 1. The molecule has 2 nitrogen and oxygen atoms in total. The minimum Gasteiger partial charge on any atom is -0.462 e. The fraction of sp³-hybridized carbons (Fsp3) is 0.364. The summed E-state index contributed by atoms with van der Waals surface area (Å²) in [6.07, 6.45) is 1.71. The zero-order valence-corrected chi connectivity index (χ0v) is 9.39. The Labute approximate surface area is 87.6 Å². The van der Waals surface area contributed by atoms with E-state index in [2.05, 4.69) is 24.2 Å². The van der Waals surface area contributed by atoms with Gasteiger partial charge in [0.15, 0.2) is 10.8 Å². The van der Waals surface area contributed by atoms with E-state index in [1.165, 1.54) is 0 Å². The Hall–Kier alpha value is -1.09. The summed E-state index contributed by atoms with van der Waals surface area (Å²) in [5.41, 5.74) is 2.29. The first-order chi connectivity index (χ1) is 6.68. The average Bonchev–Trinajstić information content (AvgIpc) is 2.71. The van der Waals surface area contributed by atoms with Crippen LogP contribution in [0.25, 0.3) is 10.8 Å². The Morgan fingerprint density at radius 3 is 2.71 bits per heavy atom. The molecule has 0 amide bonds. The van der Waals surface area contributed by atoms with Crippen molar-refractivity contribution in [3.8, 4) is 10.8 Å². The fourth-order valence-electron chi connectivity index (χ4n) is 1.25. The molecule has 14 heavy (non-hydrogen) atoms. The van der Waals surface area contributed by atoms with E-state index in [-0.39, 0.29) is 0 Å². The van der Waals surface area contributed by atoms with Crippen LogP contribution in [0, 0.1) is 6.92 Å². The summed E-state index contributed by atoms with van der Waals surface area (Å²) in [5, 5.41) is 3.08. The summed E-state index contributed by atoms with van der Waals surface area (Å²) in [6.45, 7) is 6.33. The third kappa shape index (κ3) is 1.60. The molecule has 2 aromatic rings. The molecule has 0 aromatic carbocycles. The Bertz CT molecular complexity index is 428. The third-order valence-electron chi connectivity index (χ3n) is 2.17. The molecule has 0 fully saturated rings. The van der Waals surface area contributed by atoms with E-state index < -0.39 is 0 Å². The Balaban J connectivity index is 2.39. The van der Waals surface area contributed by atoms with Crippen LogP contribution in [0.15, 0.2) is 22.1 Å². The maximum atomic E-state index is 5.39. The van der Waals surface area contributed by atoms with E-state index in [0.717, 1.165) is 22.0 Å². The lowest BCUT2D eigenvalue weighted by Gasteiger charge is -1.96. The van der Waals surface area contributed by atoms with Gasteiger partial charge in [0.05, 0.1) is 12.0 Å². The molecule has 0 radical (unpaired) electrons. The normalized spacial score (nSPS) is 11.1. The van der Waals surface area contributed by atoms with Gasteiger partial charge in [-0.15, -0.1) is 11.3 Å². The van der Waals surface area contributed by atoms with Crippen molar-refractivity contribution in [2.75, 3.05) is 0 Å². The van der Waals surface area contributed by atoms with E-state index in [0.29, 0.717) is 5.92 Å². The van der Waals surface area contributed by atoms with Crippen LogP contribution in [-0.4, -0.2) is 4.98 Å². The Kier molecular flexibility index (Phi) is 2.42. The molecule has 3 heteroatoms. The number of nitrogens with zero attached hydrogens (tertiary/aromatic N) is 1. The van der Waals surface area contributed by atoms with Crippen molar-refractivity contribution >= 4 is 11.3 Å². The van der Waals surface area contributed by atoms with Crippen molar-refractivity contribution in [2.24, 2.45) is 0 Å². The van der Waals surface area contributed by atoms with E-state index in [9.17, 15) is 0 Å². The quantitative estimate of drug-likeness (QED) is 0.748. The van der Waals surface area contributed by atoms with Gasteiger partial charge in [0.2, 0.25) is 0 Å². The molecule has 0 spiro atoms. The first kappa shape index (κ1) is 9.46. The summed E-state index contributed by atoms with van der Waals surface area (Å²) in [5.74, 6) is 1.39. The van der Waals surface area contributed by atoms with Crippen LogP contribution in [0.1, 0.15) is 31.0 Å². The number of hydrogen-bond acceptors (Lipinski definition) is 3. The zero-order valence-electron chi connectivity index (χ0n) is 8.57. The van der Waals surface area contributed by atoms with Gasteiger partial charge in [0, 0.05) is 5.38 Å². The predicted octanol–water partition coefficient (Wildman–Crippen LogP) is 3.83. The van der Waals surface area contributed by atoms with Gasteiger partial charge in [0.25, 0.3) is 0 Å². The number of aromatic nitrogens is 1. The molecule has 0 aliphatic heterocycles. The van der Waals surface area contributed by atoms with Gasteiger partial charge >= 0.3 is 0 Å². The molecule has 2 aromatic heterocycles. The molecule has 0 atom stereocenters. The van der Waals surface area contributed by atoms with Gasteiger partial charge in [-0.05, 0) is 24.5 Å². The minimum atomic E-state index is 0.482. The summed E-state index contributed by atoms with van der Waals surface area (Å²) < 4.78 is 5.39. The van der Waals surface area contributed by atoms with Gasteiger partial charge in [-0.3, -0.25) is 0 Å². The molecule has 0 bridgehead atoms. The second-order valence-electron chi connectivity index (χ2n) is 3.66. The summed E-state index contributed by atoms with van der Waals surface area (Å²) >= 11 is 1.64. The number of rotatable bonds is 2. The predicted molar refractivity (Wildman–Crippen MR) is 58.6 cm³/mol. The highest BCUT2D eigenvalue weighted by molar-refractivity contribution is 7.13. The van der Waals surface area contributed by atoms with Crippen molar-refractivity contribution in [3.63, 3.8) is 0 Å². The van der Waals surface area contributed by atoms with E-state index in [1.54, 1.807) is 17.6 Å². The highest BCUT2D eigenvalue weighted by Gasteiger charge is 2.11. The second-order valence-corrected chi connectivity index (χ2v) is 4.52. The van der Waals surface area contributed by atoms with Gasteiger partial charge in [0.1, 0.15) is 0 Å². The van der Waals surface area contributed by atoms with Crippen LogP contribution in [0.2, 0.25) is 0 Å². The van der Waals surface area contributed by atoms with Crippen LogP contribution >= 0.6 is 11.3 Å². The fourth-order valence-corrected chi connectivity index (χ4v) is 2.28. The molecule has 0 saturated carbocycles. The van der Waals surface area contributed by atoms with Gasteiger partial charge < -0.3 is 4.42 Å². The van der Waals surface area contributed by atoms with Crippen molar-refractivity contribution < 1.29 is 4.42 Å². The highest BCUT2D eigenvalue weighted by atomic mass is 32.1. The molecule has 0 N–H and O–H groups in total. The Morgan fingerprint density at radius 1 is 1.43 bits per heavy atom. The zero-order chi connectivity index (χ0) is 10.1. The van der Waals surface area contributed by atoms with Crippen LogP contribution < -0.4 is 0 Å². The van der Waals surface area contributed by atoms with Gasteiger partial charge in [-0.1, -0.05) is 13.8 Å². The van der Waals surface area contributed by atoms with Crippen LogP contribution in [-0.2, 0) is 0 Å². The summed E-state index contributed by atoms with van der Waals surface area (Å²) in [4.78, 5) is 4.54. The number of hydrogen-bond donors (Lipinski definition) is 0. The molecule has 74 valence electrons. The van der Waals surface area contributed by atoms with Crippen molar-refractivity contribution in [1.29, 1.82) is 0 Å². The topological polar surface area (TPSA) is 26.0 Å². The van der Waals surface area contributed by atoms with Gasteiger partial charge in [-0.25, -0.2) is 4.98 Å². The smallest absolute Gasteiger partial charge is 0.165 e. The first-order valence-corrected chi connectivity index (χ1v) is 5.56. The molecule has 0 aliphatic rings. The van der Waals surface area contributed by atoms with Crippen LogP contribution in [0.5, 0.6) is 0 Å². The van der Waals surface area contributed by atoms with E-state index in [4.69, 9.17) is 4.42 Å². The average molecular weight is 207 g/mol. The maximum absolute atomic E-state index is 5.39. The highest BCUT2D eigenvalue weighted by Crippen LogP contribution is 2.29. The monoisotopic (exact) mass is 207 g/mol. The molecular weight excluding hydrogens is 194 g/mol. The SMILES string of the molecule is Cc1ccoc1-c1nc(C(C)C)cs1. The third-order valence-corrected chi connectivity index (χ3v) is 3.03. The van der Waals surface area contributed by atoms with Gasteiger partial charge in [-0.2, -0.15) is 0 Å². The Morgan fingerprint density at radius 2 is 2.21 bits per heavy atom. The molecule has 0 unspecified atom stereocenters. The maximum Gasteiger partial charge on any atom is 0.165 e. The molecule has 0 saturated heterocycles. The largest absolute Gasteiger partial charge is 0.462 e. The molecule has 2 rings (SSSR count). The summed E-state index contributed by atoms with van der Waals surface area (Å²) in [6, 6.07) is 1.96. The lowest BCUT2D eigenvalue weighted by Crippen LogP contribution is -1.86. The molecule has 2 heterocycles. The first-order valence-electron chi connectivity index (χ1n) is 4.68. The second kappa shape index (κ2) is 3.58. The summed E-state index contributed by atoms with van der Waals surface area (Å²) in [7, 11) is 0.